The molecule has 0 aliphatic rings. The van der Waals surface area contributed by atoms with Crippen molar-refractivity contribution in [2.75, 3.05) is 21.3 Å². The summed E-state index contributed by atoms with van der Waals surface area (Å²) in [6.45, 7) is 6.84. The number of nitrogens with one attached hydrogen (secondary N) is 4. The summed E-state index contributed by atoms with van der Waals surface area (Å²) in [5.41, 5.74) is 4.23. The van der Waals surface area contributed by atoms with Crippen LogP contribution in [0.5, 0.6) is 0 Å². The molecule has 29 nitrogen and oxygen atoms in total. The highest BCUT2D eigenvalue weighted by Gasteiger charge is 2.27. The molecule has 20 aromatic rings. The van der Waals surface area contributed by atoms with Crippen LogP contribution in [-0.4, -0.2) is 65.1 Å². The van der Waals surface area contributed by atoms with Gasteiger partial charge in [0, 0.05) is 63.6 Å². The molecule has 33 heteroatoms. The summed E-state index contributed by atoms with van der Waals surface area (Å²) < 4.78 is 36.5. The van der Waals surface area contributed by atoms with Gasteiger partial charge in [-0.2, -0.15) is 0 Å². The Bertz CT molecular complexity index is 7190. The number of fused-ring (bicyclic) bond motifs is 12. The van der Waals surface area contributed by atoms with Crippen molar-refractivity contribution in [2.24, 2.45) is 0 Å². The number of rotatable bonds is 20. The first-order valence-electron chi connectivity index (χ1n) is 40.1. The zero-order valence-electron chi connectivity index (χ0n) is 68.7. The summed E-state index contributed by atoms with van der Waals surface area (Å²) in [4.78, 5) is 162. The molecule has 0 saturated carbocycles. The zero-order chi connectivity index (χ0) is 89.0. The lowest BCUT2D eigenvalue weighted by atomic mass is 10.2. The first-order chi connectivity index (χ1) is 62.0. The van der Waals surface area contributed by atoms with Gasteiger partial charge in [-0.15, -0.1) is 45.3 Å². The van der Waals surface area contributed by atoms with Crippen LogP contribution in [0.25, 0.3) is 81.2 Å². The third kappa shape index (κ3) is 17.8. The van der Waals surface area contributed by atoms with Crippen molar-refractivity contribution in [1.29, 1.82) is 0 Å². The van der Waals surface area contributed by atoms with E-state index in [1.165, 1.54) is 88.7 Å². The van der Waals surface area contributed by atoms with Crippen molar-refractivity contribution < 1.29 is 36.8 Å². The van der Waals surface area contributed by atoms with Crippen LogP contribution in [0.15, 0.2) is 318 Å². The molecule has 0 bridgehead atoms. The minimum absolute atomic E-state index is 0.00552. The molecule has 640 valence electrons. The van der Waals surface area contributed by atoms with Crippen LogP contribution >= 0.6 is 45.3 Å². The Morgan fingerprint density at radius 2 is 0.523 bits per heavy atom. The Morgan fingerprint density at radius 3 is 0.758 bits per heavy atom. The van der Waals surface area contributed by atoms with Gasteiger partial charge in [-0.25, -0.2) is 24.2 Å². The Hall–Kier alpha value is -15.7. The maximum atomic E-state index is 13.4. The van der Waals surface area contributed by atoms with Crippen LogP contribution in [0.3, 0.4) is 0 Å². The van der Waals surface area contributed by atoms with Crippen molar-refractivity contribution in [1.82, 2.24) is 41.5 Å². The summed E-state index contributed by atoms with van der Waals surface area (Å²) in [6, 6.07) is 69.3. The Kier molecular flexibility index (Phi) is 24.2. The molecular weight excluding hydrogens is 1710 g/mol. The number of aromatic nitrogens is 9. The monoisotopic (exact) mass is 1780 g/mol. The molecular formula is C95H75N13O16S4. The van der Waals surface area contributed by atoms with Gasteiger partial charge in [-0.3, -0.25) is 74.9 Å². The average Bonchev–Trinajstić information content (AvgIpc) is 1.61. The molecule has 128 heavy (non-hydrogen) atoms. The van der Waals surface area contributed by atoms with E-state index in [9.17, 15) is 57.5 Å². The van der Waals surface area contributed by atoms with Gasteiger partial charge in [-0.05, 0) is 149 Å². The van der Waals surface area contributed by atoms with E-state index in [0.29, 0.717) is 86.8 Å². The fourth-order valence-electron chi connectivity index (χ4n) is 14.8. The van der Waals surface area contributed by atoms with Crippen molar-refractivity contribution in [3.63, 3.8) is 0 Å². The molecule has 0 radical (unpaired) electrons. The topological polar surface area (TPSA) is 358 Å². The summed E-state index contributed by atoms with van der Waals surface area (Å²) >= 11 is 5.25. The number of pyridine rings is 1. The van der Waals surface area contributed by atoms with Crippen molar-refractivity contribution in [2.45, 2.75) is 80.1 Å². The van der Waals surface area contributed by atoms with Crippen LogP contribution in [-0.2, 0) is 71.5 Å². The molecule has 0 fully saturated rings. The van der Waals surface area contributed by atoms with Gasteiger partial charge in [-0.1, -0.05) is 132 Å². The average molecular weight is 1780 g/mol. The lowest BCUT2D eigenvalue weighted by Crippen LogP contribution is -2.41. The minimum Gasteiger partial charge on any atom is -0.467 e. The predicted octanol–water partition coefficient (Wildman–Crippen LogP) is 15.3. The summed E-state index contributed by atoms with van der Waals surface area (Å²) in [5, 5.41) is 14.3. The van der Waals surface area contributed by atoms with Crippen LogP contribution in [0, 0.1) is 27.7 Å². The molecule has 0 spiro atoms. The highest BCUT2D eigenvalue weighted by molar-refractivity contribution is 7.27. The van der Waals surface area contributed by atoms with Crippen molar-refractivity contribution in [3.8, 4) is 0 Å². The standard InChI is InChI=1S/3C24H19N3O4S.C23H18N4O4S/c3*1-15-8-10-16(11-9-15)25-20(28)14-26-21-18-6-2-3-7-19(18)32-22(21)23(29)27(24(26)30)13-17-5-4-12-31-17;1-14-8-9-18(24-11-14)25-19(28)13-26-20-16-6-2-3-7-17(16)32-21(20)22(29)27(23(26)30)12-15-5-4-10-31-15/h3*2-12H,13-14H2,1H3,(H,25,28);2-11H,12-13H2,1H3,(H,24,25,28). The second kappa shape index (κ2) is 36.6. The van der Waals surface area contributed by atoms with Gasteiger partial charge in [0.15, 0.2) is 0 Å². The maximum absolute atomic E-state index is 13.4. The smallest absolute Gasteiger partial charge is 0.332 e. The predicted molar refractivity (Wildman–Crippen MR) is 500 cm³/mol. The Labute approximate surface area is 738 Å². The van der Waals surface area contributed by atoms with E-state index in [1.807, 2.05) is 204 Å². The molecule has 13 aromatic heterocycles. The Morgan fingerprint density at radius 1 is 0.281 bits per heavy atom. The molecule has 4 N–H and O–H groups in total. The fourth-order valence-corrected chi connectivity index (χ4v) is 19.4. The maximum Gasteiger partial charge on any atom is 0.332 e. The molecule has 0 saturated heterocycles. The van der Waals surface area contributed by atoms with E-state index >= 15 is 0 Å². The molecule has 13 heterocycles. The highest BCUT2D eigenvalue weighted by Crippen LogP contribution is 2.36. The minimum atomic E-state index is -0.575. The van der Waals surface area contributed by atoms with Crippen LogP contribution < -0.4 is 66.3 Å². The molecule has 0 aliphatic carbocycles. The van der Waals surface area contributed by atoms with Crippen LogP contribution in [0.4, 0.5) is 22.9 Å². The molecule has 20 rings (SSSR count). The number of aryl methyl sites for hydroxylation is 4. The van der Waals surface area contributed by atoms with E-state index in [2.05, 4.69) is 26.3 Å². The van der Waals surface area contributed by atoms with E-state index in [0.717, 1.165) is 80.9 Å². The number of hydrogen-bond donors (Lipinski definition) is 4. The van der Waals surface area contributed by atoms with Crippen LogP contribution in [0.2, 0.25) is 0 Å². The number of thiophene rings is 4. The van der Waals surface area contributed by atoms with Gasteiger partial charge in [0.2, 0.25) is 23.6 Å². The number of anilines is 4. The third-order valence-corrected chi connectivity index (χ3v) is 25.5. The molecule has 4 amide bonds. The number of benzene rings is 7. The van der Waals surface area contributed by atoms with Gasteiger partial charge < -0.3 is 38.9 Å². The van der Waals surface area contributed by atoms with Crippen LogP contribution in [0.1, 0.15) is 45.3 Å². The molecule has 7 aromatic carbocycles. The highest BCUT2D eigenvalue weighted by atomic mass is 32.1. The second-order valence-electron chi connectivity index (χ2n) is 30.0. The van der Waals surface area contributed by atoms with E-state index in [4.69, 9.17) is 17.7 Å². The first-order valence-corrected chi connectivity index (χ1v) is 43.3. The molecule has 0 aliphatic heterocycles. The van der Waals surface area contributed by atoms with E-state index in [1.54, 1.807) is 60.8 Å². The number of furan rings is 4. The van der Waals surface area contributed by atoms with E-state index in [-0.39, 0.29) is 70.1 Å². The summed E-state index contributed by atoms with van der Waals surface area (Å²) in [5.74, 6) is 0.861. The van der Waals surface area contributed by atoms with E-state index < -0.39 is 50.9 Å². The lowest BCUT2D eigenvalue weighted by Gasteiger charge is -2.12. The van der Waals surface area contributed by atoms with Gasteiger partial charge in [0.1, 0.15) is 73.8 Å². The number of nitrogens with zero attached hydrogens (tertiary/aromatic N) is 9. The molecule has 0 atom stereocenters. The van der Waals surface area contributed by atoms with Gasteiger partial charge in [0.25, 0.3) is 22.2 Å². The normalized spacial score (nSPS) is 11.3. The fraction of sp³-hybridized carbons (Fsp3) is 0.126. The van der Waals surface area contributed by atoms with Crippen molar-refractivity contribution in [3.05, 3.63) is 390 Å². The number of carbonyl (C=O) groups excluding carboxylic acids is 4. The quantitative estimate of drug-likeness (QED) is 0.0550. The lowest BCUT2D eigenvalue weighted by molar-refractivity contribution is -0.117. The number of hydrogen-bond acceptors (Lipinski definition) is 21. The second-order valence-corrected chi connectivity index (χ2v) is 34.2. The van der Waals surface area contributed by atoms with Gasteiger partial charge in [0.05, 0.1) is 73.3 Å². The zero-order valence-corrected chi connectivity index (χ0v) is 71.9. The summed E-state index contributed by atoms with van der Waals surface area (Å²) in [7, 11) is 0. The summed E-state index contributed by atoms with van der Waals surface area (Å²) in [6.07, 6.45) is 7.61. The van der Waals surface area contributed by atoms with Crippen molar-refractivity contribution >= 4 is 173 Å². The number of carbonyl (C=O) groups is 4. The Balaban J connectivity index is 0.000000120. The first kappa shape index (κ1) is 84.5. The third-order valence-electron chi connectivity index (χ3n) is 20.9. The SMILES string of the molecule is Cc1ccc(NC(=O)Cn2c(=O)n(Cc3ccco3)c(=O)c3sc4ccccc4c32)cc1.Cc1ccc(NC(=O)Cn2c(=O)n(Cc3ccco3)c(=O)c3sc4ccccc4c32)cc1.Cc1ccc(NC(=O)Cn2c(=O)n(Cc3ccco3)c(=O)c3sc4ccccc4c32)cc1.Cc1ccc(NC(=O)Cn2c(=O)n(Cc3ccco3)c(=O)c3sc4ccccc4c32)nc1. The number of amides is 4. The largest absolute Gasteiger partial charge is 0.467 e. The molecule has 0 unspecified atom stereocenters. The van der Waals surface area contributed by atoms with Gasteiger partial charge >= 0.3 is 22.8 Å².